The Morgan fingerprint density at radius 3 is 2.85 bits per heavy atom. The minimum atomic E-state index is -0.516. The maximum atomic E-state index is 11.7. The molecule has 0 aliphatic rings. The van der Waals surface area contributed by atoms with Gasteiger partial charge in [0.1, 0.15) is 11.4 Å². The normalized spacial score (nSPS) is 10.5. The van der Waals surface area contributed by atoms with Crippen molar-refractivity contribution < 1.29 is 9.53 Å². The third-order valence-corrected chi connectivity index (χ3v) is 4.92. The summed E-state index contributed by atoms with van der Waals surface area (Å²) in [4.78, 5) is 24.6. The SMILES string of the molecule is CCOC(=O)c1cnc(SCc2csc(Nc3ccccc3)n2)nc1N. The van der Waals surface area contributed by atoms with Crippen molar-refractivity contribution in [3.8, 4) is 0 Å². The second-order valence-corrected chi connectivity index (χ2v) is 6.90. The average molecular weight is 387 g/mol. The lowest BCUT2D eigenvalue weighted by Gasteiger charge is -2.05. The quantitative estimate of drug-likeness (QED) is 0.359. The molecule has 0 unspecified atom stereocenters. The number of para-hydroxylation sites is 1. The van der Waals surface area contributed by atoms with Gasteiger partial charge in [0.2, 0.25) is 0 Å². The summed E-state index contributed by atoms with van der Waals surface area (Å²) >= 11 is 2.94. The molecule has 9 heteroatoms. The lowest BCUT2D eigenvalue weighted by Crippen LogP contribution is -2.10. The van der Waals surface area contributed by atoms with E-state index in [2.05, 4.69) is 20.3 Å². The predicted molar refractivity (Wildman–Crippen MR) is 104 cm³/mol. The fraction of sp³-hybridized carbons (Fsp3) is 0.176. The van der Waals surface area contributed by atoms with Crippen molar-refractivity contribution >= 4 is 45.7 Å². The zero-order valence-corrected chi connectivity index (χ0v) is 15.6. The molecule has 0 radical (unpaired) electrons. The van der Waals surface area contributed by atoms with E-state index in [0.717, 1.165) is 16.5 Å². The number of ether oxygens (including phenoxy) is 1. The molecular formula is C17H17N5O2S2. The number of hydrogen-bond acceptors (Lipinski definition) is 9. The number of thiazole rings is 1. The molecule has 0 aliphatic carbocycles. The first-order valence-electron chi connectivity index (χ1n) is 7.84. The number of anilines is 3. The maximum absolute atomic E-state index is 11.7. The van der Waals surface area contributed by atoms with Crippen LogP contribution in [0.4, 0.5) is 16.6 Å². The molecule has 0 fully saturated rings. The molecule has 0 spiro atoms. The molecule has 7 nitrogen and oxygen atoms in total. The Hall–Kier alpha value is -2.65. The van der Waals surface area contributed by atoms with E-state index in [0.29, 0.717) is 10.9 Å². The predicted octanol–water partition coefficient (Wildman–Crippen LogP) is 3.73. The maximum Gasteiger partial charge on any atom is 0.343 e. The molecule has 0 saturated carbocycles. The van der Waals surface area contributed by atoms with Gasteiger partial charge in [-0.3, -0.25) is 0 Å². The molecule has 134 valence electrons. The van der Waals surface area contributed by atoms with Gasteiger partial charge in [-0.2, -0.15) is 0 Å². The van der Waals surface area contributed by atoms with E-state index in [1.807, 2.05) is 35.7 Å². The van der Waals surface area contributed by atoms with Crippen LogP contribution >= 0.6 is 23.1 Å². The van der Waals surface area contributed by atoms with Gasteiger partial charge in [0.05, 0.1) is 12.3 Å². The molecule has 3 aromatic rings. The number of nitrogen functional groups attached to an aromatic ring is 1. The molecule has 0 bridgehead atoms. The highest BCUT2D eigenvalue weighted by Crippen LogP contribution is 2.25. The van der Waals surface area contributed by atoms with Crippen molar-refractivity contribution in [1.82, 2.24) is 15.0 Å². The smallest absolute Gasteiger partial charge is 0.343 e. The van der Waals surface area contributed by atoms with Crippen molar-refractivity contribution in [3.63, 3.8) is 0 Å². The van der Waals surface area contributed by atoms with Gasteiger partial charge in [-0.15, -0.1) is 11.3 Å². The monoisotopic (exact) mass is 387 g/mol. The van der Waals surface area contributed by atoms with Gasteiger partial charge in [0.15, 0.2) is 10.3 Å². The zero-order valence-electron chi connectivity index (χ0n) is 14.0. The molecule has 1 aromatic carbocycles. The average Bonchev–Trinajstić information content (AvgIpc) is 3.08. The fourth-order valence-electron chi connectivity index (χ4n) is 2.03. The number of rotatable bonds is 7. The minimum absolute atomic E-state index is 0.116. The third kappa shape index (κ3) is 4.70. The first kappa shape index (κ1) is 18.2. The Morgan fingerprint density at radius 1 is 1.31 bits per heavy atom. The fourth-order valence-corrected chi connectivity index (χ4v) is 3.58. The minimum Gasteiger partial charge on any atom is -0.462 e. The van der Waals surface area contributed by atoms with Crippen LogP contribution in [0.2, 0.25) is 0 Å². The van der Waals surface area contributed by atoms with E-state index in [1.54, 1.807) is 6.92 Å². The molecule has 3 N–H and O–H groups in total. The molecule has 2 aromatic heterocycles. The van der Waals surface area contributed by atoms with Crippen LogP contribution in [0.25, 0.3) is 0 Å². The number of nitrogens with two attached hydrogens (primary N) is 1. The summed E-state index contributed by atoms with van der Waals surface area (Å²) in [6.45, 7) is 2.01. The molecule has 0 saturated heterocycles. The zero-order chi connectivity index (χ0) is 18.4. The summed E-state index contributed by atoms with van der Waals surface area (Å²) in [6.07, 6.45) is 1.39. The van der Waals surface area contributed by atoms with E-state index in [-0.39, 0.29) is 18.0 Å². The van der Waals surface area contributed by atoms with Crippen LogP contribution in [0.5, 0.6) is 0 Å². The molecule has 0 amide bonds. The Kier molecular flexibility index (Phi) is 6.03. The van der Waals surface area contributed by atoms with E-state index in [1.165, 1.54) is 29.3 Å². The lowest BCUT2D eigenvalue weighted by atomic mass is 10.3. The summed E-state index contributed by atoms with van der Waals surface area (Å²) in [5.74, 6) is 0.203. The Bertz CT molecular complexity index is 886. The number of benzene rings is 1. The number of esters is 1. The largest absolute Gasteiger partial charge is 0.462 e. The number of nitrogens with zero attached hydrogens (tertiary/aromatic N) is 3. The molecule has 0 atom stereocenters. The van der Waals surface area contributed by atoms with Crippen molar-refractivity contribution in [2.45, 2.75) is 17.8 Å². The van der Waals surface area contributed by atoms with Crippen molar-refractivity contribution in [2.24, 2.45) is 0 Å². The number of thioether (sulfide) groups is 1. The van der Waals surface area contributed by atoms with Crippen LogP contribution < -0.4 is 11.1 Å². The molecular weight excluding hydrogens is 370 g/mol. The van der Waals surface area contributed by atoms with Gasteiger partial charge in [-0.1, -0.05) is 30.0 Å². The van der Waals surface area contributed by atoms with Crippen LogP contribution in [0, 0.1) is 0 Å². The highest BCUT2D eigenvalue weighted by atomic mass is 32.2. The topological polar surface area (TPSA) is 103 Å². The van der Waals surface area contributed by atoms with E-state index in [9.17, 15) is 4.79 Å². The molecule has 2 heterocycles. The standard InChI is InChI=1S/C17H17N5O2S2/c1-2-24-15(23)13-8-19-16(22-14(13)18)25-9-12-10-26-17(21-12)20-11-6-4-3-5-7-11/h3-8,10H,2,9H2,1H3,(H,20,21)(H2,18,19,22). The Morgan fingerprint density at radius 2 is 2.12 bits per heavy atom. The van der Waals surface area contributed by atoms with Gasteiger partial charge < -0.3 is 15.8 Å². The summed E-state index contributed by atoms with van der Waals surface area (Å²) in [6, 6.07) is 9.87. The van der Waals surface area contributed by atoms with E-state index in [4.69, 9.17) is 10.5 Å². The molecule has 3 rings (SSSR count). The molecule has 26 heavy (non-hydrogen) atoms. The van der Waals surface area contributed by atoms with Crippen molar-refractivity contribution in [3.05, 3.63) is 53.2 Å². The van der Waals surface area contributed by atoms with Gasteiger partial charge in [0.25, 0.3) is 0 Å². The lowest BCUT2D eigenvalue weighted by molar-refractivity contribution is 0.0526. The Labute approximate surface area is 159 Å². The van der Waals surface area contributed by atoms with E-state index < -0.39 is 5.97 Å². The third-order valence-electron chi connectivity index (χ3n) is 3.22. The van der Waals surface area contributed by atoms with Gasteiger partial charge in [0, 0.05) is 23.0 Å². The number of carbonyl (C=O) groups excluding carboxylic acids is 1. The molecule has 0 aliphatic heterocycles. The number of aromatic nitrogens is 3. The highest BCUT2D eigenvalue weighted by molar-refractivity contribution is 7.98. The van der Waals surface area contributed by atoms with E-state index >= 15 is 0 Å². The van der Waals surface area contributed by atoms with Crippen molar-refractivity contribution in [1.29, 1.82) is 0 Å². The van der Waals surface area contributed by atoms with Crippen molar-refractivity contribution in [2.75, 3.05) is 17.7 Å². The van der Waals surface area contributed by atoms with Crippen LogP contribution in [0.1, 0.15) is 23.0 Å². The summed E-state index contributed by atoms with van der Waals surface area (Å²) < 4.78 is 4.91. The van der Waals surface area contributed by atoms with Crippen LogP contribution in [0.15, 0.2) is 47.1 Å². The highest BCUT2D eigenvalue weighted by Gasteiger charge is 2.14. The first-order chi connectivity index (χ1) is 12.7. The second kappa shape index (κ2) is 8.63. The number of carbonyl (C=O) groups is 1. The number of nitrogens with one attached hydrogen (secondary N) is 1. The summed E-state index contributed by atoms with van der Waals surface area (Å²) in [5, 5.41) is 6.55. The first-order valence-corrected chi connectivity index (χ1v) is 9.71. The number of hydrogen-bond donors (Lipinski definition) is 2. The summed E-state index contributed by atoms with van der Waals surface area (Å²) in [5.41, 5.74) is 7.91. The van der Waals surface area contributed by atoms with Crippen LogP contribution in [-0.2, 0) is 10.5 Å². The van der Waals surface area contributed by atoms with Gasteiger partial charge >= 0.3 is 5.97 Å². The van der Waals surface area contributed by atoms with Crippen LogP contribution in [0.3, 0.4) is 0 Å². The van der Waals surface area contributed by atoms with Crippen LogP contribution in [-0.4, -0.2) is 27.5 Å². The van der Waals surface area contributed by atoms with Gasteiger partial charge in [-0.25, -0.2) is 19.7 Å². The summed E-state index contributed by atoms with van der Waals surface area (Å²) in [7, 11) is 0. The van der Waals surface area contributed by atoms with Gasteiger partial charge in [-0.05, 0) is 19.1 Å². The Balaban J connectivity index is 1.59. The second-order valence-electron chi connectivity index (χ2n) is 5.10.